The number of aliphatic carboxylic acids is 1. The van der Waals surface area contributed by atoms with E-state index >= 15 is 0 Å². The molecule has 0 aromatic heterocycles. The molecule has 0 radical (unpaired) electrons. The predicted molar refractivity (Wildman–Crippen MR) is 99.2 cm³/mol. The highest BCUT2D eigenvalue weighted by atomic mass is 31.2. The Balaban J connectivity index is 4.98. The maximum absolute atomic E-state index is 12.6. The first-order chi connectivity index (χ1) is 12.1. The molecule has 158 valence electrons. The third kappa shape index (κ3) is 9.89. The van der Waals surface area contributed by atoms with Gasteiger partial charge in [0.05, 0.1) is 11.8 Å². The maximum Gasteiger partial charge on any atom is 0.331 e. The molecule has 0 aromatic carbocycles. The summed E-state index contributed by atoms with van der Waals surface area (Å²) in [6, 6.07) is 0. The van der Waals surface area contributed by atoms with Crippen LogP contribution in [0.15, 0.2) is 0 Å². The van der Waals surface area contributed by atoms with Gasteiger partial charge in [-0.3, -0.25) is 28.0 Å². The fraction of sp³-hybridized carbons (Fsp3) is 0.824. The van der Waals surface area contributed by atoms with Crippen molar-refractivity contribution in [2.45, 2.75) is 60.5 Å². The van der Waals surface area contributed by atoms with Gasteiger partial charge >= 0.3 is 19.5 Å². The molecule has 27 heavy (non-hydrogen) atoms. The lowest BCUT2D eigenvalue weighted by atomic mass is 9.83. The summed E-state index contributed by atoms with van der Waals surface area (Å²) in [5.74, 6) is -2.16. The molecule has 2 N–H and O–H groups in total. The quantitative estimate of drug-likeness (QED) is 0.303. The van der Waals surface area contributed by atoms with E-state index in [1.807, 2.05) is 6.92 Å². The number of carbonyl (C=O) groups is 3. The van der Waals surface area contributed by atoms with Crippen LogP contribution in [0.2, 0.25) is 0 Å². The molecule has 0 aromatic rings. The van der Waals surface area contributed by atoms with E-state index < -0.39 is 49.2 Å². The SMILES string of the molecule is CCC(C)(C)[C@@H](OP(C)(=O)OCOC(=O)C(C)(C)C)C(=O)NCCC(=O)O. The predicted octanol–water partition coefficient (Wildman–Crippen LogP) is 2.79. The van der Waals surface area contributed by atoms with Crippen molar-refractivity contribution >= 4 is 25.4 Å². The van der Waals surface area contributed by atoms with Crippen LogP contribution in [0.3, 0.4) is 0 Å². The topological polar surface area (TPSA) is 128 Å². The Morgan fingerprint density at radius 3 is 2.15 bits per heavy atom. The Hall–Kier alpha value is -1.44. The summed E-state index contributed by atoms with van der Waals surface area (Å²) in [7, 11) is -3.73. The summed E-state index contributed by atoms with van der Waals surface area (Å²) in [5.41, 5.74) is -1.43. The van der Waals surface area contributed by atoms with E-state index in [2.05, 4.69) is 5.32 Å². The van der Waals surface area contributed by atoms with Gasteiger partial charge in [0, 0.05) is 18.6 Å². The van der Waals surface area contributed by atoms with Crippen LogP contribution >= 0.6 is 7.60 Å². The molecule has 0 aliphatic heterocycles. The molecule has 0 fully saturated rings. The van der Waals surface area contributed by atoms with Crippen molar-refractivity contribution in [2.75, 3.05) is 20.0 Å². The van der Waals surface area contributed by atoms with Gasteiger partial charge in [-0.2, -0.15) is 0 Å². The lowest BCUT2D eigenvalue weighted by Crippen LogP contribution is -2.45. The molecule has 2 atom stereocenters. The highest BCUT2D eigenvalue weighted by molar-refractivity contribution is 7.53. The van der Waals surface area contributed by atoms with Crippen molar-refractivity contribution in [1.82, 2.24) is 5.32 Å². The largest absolute Gasteiger partial charge is 0.481 e. The zero-order valence-corrected chi connectivity index (χ0v) is 18.1. The van der Waals surface area contributed by atoms with Crippen molar-refractivity contribution in [3.63, 3.8) is 0 Å². The molecule has 0 rings (SSSR count). The minimum absolute atomic E-state index is 0.0775. The minimum atomic E-state index is -3.73. The molecular weight excluding hydrogens is 377 g/mol. The molecule has 0 saturated carbocycles. The van der Waals surface area contributed by atoms with Crippen LogP contribution in [0.5, 0.6) is 0 Å². The Kier molecular flexibility index (Phi) is 9.66. The number of ether oxygens (including phenoxy) is 1. The van der Waals surface area contributed by atoms with E-state index in [0.29, 0.717) is 6.42 Å². The molecule has 1 unspecified atom stereocenters. The molecular formula is C17H32NO8P. The second-order valence-electron chi connectivity index (χ2n) is 7.96. The number of carboxylic acid groups (broad SMARTS) is 1. The van der Waals surface area contributed by atoms with E-state index in [1.165, 1.54) is 6.66 Å². The van der Waals surface area contributed by atoms with Crippen LogP contribution in [0, 0.1) is 10.8 Å². The first-order valence-electron chi connectivity index (χ1n) is 8.69. The van der Waals surface area contributed by atoms with Crippen molar-refractivity contribution in [2.24, 2.45) is 10.8 Å². The fourth-order valence-corrected chi connectivity index (χ4v) is 2.80. The van der Waals surface area contributed by atoms with Gasteiger partial charge in [-0.05, 0) is 27.2 Å². The Morgan fingerprint density at radius 1 is 1.15 bits per heavy atom. The average Bonchev–Trinajstić information content (AvgIpc) is 2.50. The number of hydrogen-bond donors (Lipinski definition) is 2. The van der Waals surface area contributed by atoms with Crippen molar-refractivity contribution in [3.05, 3.63) is 0 Å². The van der Waals surface area contributed by atoms with Gasteiger partial charge in [0.15, 0.2) is 6.10 Å². The summed E-state index contributed by atoms with van der Waals surface area (Å²) in [5, 5.41) is 11.1. The van der Waals surface area contributed by atoms with Gasteiger partial charge in [-0.15, -0.1) is 0 Å². The minimum Gasteiger partial charge on any atom is -0.481 e. The van der Waals surface area contributed by atoms with Crippen molar-refractivity contribution in [3.8, 4) is 0 Å². The van der Waals surface area contributed by atoms with Crippen LogP contribution in [0.25, 0.3) is 0 Å². The van der Waals surface area contributed by atoms with Crippen LogP contribution < -0.4 is 5.32 Å². The second kappa shape index (κ2) is 10.2. The molecule has 1 amide bonds. The molecule has 0 bridgehead atoms. The monoisotopic (exact) mass is 409 g/mol. The zero-order valence-electron chi connectivity index (χ0n) is 17.2. The number of hydrogen-bond acceptors (Lipinski definition) is 7. The normalized spacial score (nSPS) is 15.5. The van der Waals surface area contributed by atoms with Crippen molar-refractivity contribution in [1.29, 1.82) is 0 Å². The smallest absolute Gasteiger partial charge is 0.331 e. The second-order valence-corrected chi connectivity index (χ2v) is 9.97. The number of carboxylic acids is 1. The van der Waals surface area contributed by atoms with Crippen LogP contribution in [0.4, 0.5) is 0 Å². The summed E-state index contributed by atoms with van der Waals surface area (Å²) in [6.45, 7) is 10.9. The first kappa shape index (κ1) is 25.6. The number of rotatable bonds is 11. The summed E-state index contributed by atoms with van der Waals surface area (Å²) in [6.07, 6.45) is -0.845. The van der Waals surface area contributed by atoms with E-state index in [1.54, 1.807) is 34.6 Å². The molecule has 0 saturated heterocycles. The third-order valence-corrected chi connectivity index (χ3v) is 5.05. The summed E-state index contributed by atoms with van der Waals surface area (Å²) >= 11 is 0. The highest BCUT2D eigenvalue weighted by Crippen LogP contribution is 2.48. The molecule has 10 heteroatoms. The van der Waals surface area contributed by atoms with Gasteiger partial charge in [0.1, 0.15) is 0 Å². The Bertz CT molecular complexity index is 582. The standard InChI is InChI=1S/C17H32NO8P/c1-8-17(5,6)13(14(21)18-10-9-12(19)20)26-27(7,23)25-11-24-15(22)16(2,3)4/h13H,8-11H2,1-7H3,(H,18,21)(H,19,20)/t13-,27?/m0/s1. The maximum atomic E-state index is 12.6. The fourth-order valence-electron chi connectivity index (χ4n) is 1.73. The van der Waals surface area contributed by atoms with Gasteiger partial charge < -0.3 is 15.2 Å². The third-order valence-electron chi connectivity index (χ3n) is 3.88. The van der Waals surface area contributed by atoms with Crippen LogP contribution in [-0.2, 0) is 32.7 Å². The zero-order chi connectivity index (χ0) is 21.5. The van der Waals surface area contributed by atoms with E-state index in [9.17, 15) is 18.9 Å². The van der Waals surface area contributed by atoms with Gasteiger partial charge in [-0.1, -0.05) is 20.8 Å². The summed E-state index contributed by atoms with van der Waals surface area (Å²) < 4.78 is 28.0. The molecule has 9 nitrogen and oxygen atoms in total. The van der Waals surface area contributed by atoms with Gasteiger partial charge in [0.2, 0.25) is 12.7 Å². The highest BCUT2D eigenvalue weighted by Gasteiger charge is 2.39. The van der Waals surface area contributed by atoms with Crippen LogP contribution in [0.1, 0.15) is 54.4 Å². The lowest BCUT2D eigenvalue weighted by Gasteiger charge is -2.33. The van der Waals surface area contributed by atoms with Gasteiger partial charge in [-0.25, -0.2) is 0 Å². The molecule has 0 heterocycles. The summed E-state index contributed by atoms with van der Waals surface area (Å²) in [4.78, 5) is 34.7. The number of amides is 1. The molecule has 0 aliphatic carbocycles. The number of esters is 1. The number of carbonyl (C=O) groups excluding carboxylic acids is 2. The first-order valence-corrected chi connectivity index (χ1v) is 10.7. The Morgan fingerprint density at radius 2 is 1.70 bits per heavy atom. The average molecular weight is 409 g/mol. The van der Waals surface area contributed by atoms with E-state index in [0.717, 1.165) is 0 Å². The Labute approximate surface area is 160 Å². The van der Waals surface area contributed by atoms with Gasteiger partial charge in [0.25, 0.3) is 0 Å². The van der Waals surface area contributed by atoms with E-state index in [-0.39, 0.29) is 13.0 Å². The molecule has 0 spiro atoms. The lowest BCUT2D eigenvalue weighted by molar-refractivity contribution is -0.160. The molecule has 0 aliphatic rings. The van der Waals surface area contributed by atoms with Crippen molar-refractivity contribution < 1.29 is 37.8 Å². The van der Waals surface area contributed by atoms with E-state index in [4.69, 9.17) is 18.9 Å². The number of nitrogens with one attached hydrogen (secondary N) is 1. The van der Waals surface area contributed by atoms with Crippen LogP contribution in [-0.4, -0.2) is 49.1 Å².